The molecule has 0 atom stereocenters. The van der Waals surface area contributed by atoms with E-state index in [1.165, 1.54) is 24.3 Å². The highest BCUT2D eigenvalue weighted by Crippen LogP contribution is 2.19. The van der Waals surface area contributed by atoms with Crippen LogP contribution in [0.5, 0.6) is 5.75 Å². The van der Waals surface area contributed by atoms with Gasteiger partial charge in [-0.25, -0.2) is 9.69 Å². The number of hydrogen-bond acceptors (Lipinski definition) is 3. The summed E-state index contributed by atoms with van der Waals surface area (Å²) in [5.41, 5.74) is 0.240. The van der Waals surface area contributed by atoms with E-state index in [1.54, 1.807) is 6.92 Å². The van der Waals surface area contributed by atoms with E-state index in [9.17, 15) is 9.59 Å². The molecule has 0 saturated carbocycles. The number of phenols is 1. The van der Waals surface area contributed by atoms with E-state index in [4.69, 9.17) is 10.2 Å². The monoisotopic (exact) mass is 223 g/mol. The second-order valence-corrected chi connectivity index (χ2v) is 3.28. The molecule has 2 amide bonds. The third kappa shape index (κ3) is 2.73. The summed E-state index contributed by atoms with van der Waals surface area (Å²) in [6, 6.07) is 5.45. The summed E-state index contributed by atoms with van der Waals surface area (Å²) in [6.45, 7) is 1.80. The van der Waals surface area contributed by atoms with Crippen LogP contribution in [0, 0.1) is 0 Å². The molecule has 0 radical (unpaired) electrons. The van der Waals surface area contributed by atoms with Crippen LogP contribution in [0.3, 0.4) is 0 Å². The van der Waals surface area contributed by atoms with Crippen molar-refractivity contribution >= 4 is 17.7 Å². The fraction of sp³-hybridized carbons (Fsp3) is 0.273. The predicted octanol–water partition coefficient (Wildman–Crippen LogP) is 2.20. The maximum absolute atomic E-state index is 11.6. The zero-order valence-corrected chi connectivity index (χ0v) is 8.88. The normalized spacial score (nSPS) is 9.81. The molecule has 1 aromatic carbocycles. The van der Waals surface area contributed by atoms with Crippen LogP contribution < -0.4 is 4.90 Å². The van der Waals surface area contributed by atoms with Crippen molar-refractivity contribution in [3.05, 3.63) is 24.3 Å². The van der Waals surface area contributed by atoms with Crippen molar-refractivity contribution in [1.82, 2.24) is 0 Å². The van der Waals surface area contributed by atoms with E-state index in [2.05, 4.69) is 0 Å². The van der Waals surface area contributed by atoms with Gasteiger partial charge in [0.25, 0.3) is 0 Å². The van der Waals surface area contributed by atoms with Gasteiger partial charge >= 0.3 is 6.09 Å². The molecule has 0 bridgehead atoms. The number of carboxylic acid groups (broad SMARTS) is 1. The number of hydrogen-bond donors (Lipinski definition) is 2. The van der Waals surface area contributed by atoms with Gasteiger partial charge in [0.2, 0.25) is 5.91 Å². The Labute approximate surface area is 92.9 Å². The van der Waals surface area contributed by atoms with Crippen LogP contribution in [0.25, 0.3) is 0 Å². The number of rotatable bonds is 3. The van der Waals surface area contributed by atoms with E-state index < -0.39 is 12.0 Å². The lowest BCUT2D eigenvalue weighted by atomic mass is 10.2. The van der Waals surface area contributed by atoms with Gasteiger partial charge in [0, 0.05) is 6.42 Å². The lowest BCUT2D eigenvalue weighted by Crippen LogP contribution is -2.35. The second-order valence-electron chi connectivity index (χ2n) is 3.28. The van der Waals surface area contributed by atoms with Crippen LogP contribution in [0.15, 0.2) is 24.3 Å². The molecule has 5 heteroatoms. The van der Waals surface area contributed by atoms with Gasteiger partial charge < -0.3 is 10.2 Å². The Morgan fingerprint density at radius 2 is 1.81 bits per heavy atom. The van der Waals surface area contributed by atoms with Gasteiger partial charge in [-0.3, -0.25) is 4.79 Å². The Balaban J connectivity index is 2.98. The molecule has 0 aliphatic heterocycles. The first-order valence-electron chi connectivity index (χ1n) is 4.91. The van der Waals surface area contributed by atoms with Crippen molar-refractivity contribution < 1.29 is 19.8 Å². The molecule has 16 heavy (non-hydrogen) atoms. The molecule has 0 heterocycles. The molecule has 2 N–H and O–H groups in total. The lowest BCUT2D eigenvalue weighted by Gasteiger charge is -2.16. The summed E-state index contributed by atoms with van der Waals surface area (Å²) in [4.78, 5) is 23.2. The van der Waals surface area contributed by atoms with Crippen LogP contribution in [0.4, 0.5) is 10.5 Å². The molecule has 0 saturated heterocycles. The first-order valence-corrected chi connectivity index (χ1v) is 4.91. The van der Waals surface area contributed by atoms with Crippen molar-refractivity contribution in [1.29, 1.82) is 0 Å². The largest absolute Gasteiger partial charge is 0.508 e. The van der Waals surface area contributed by atoms with E-state index in [0.29, 0.717) is 11.3 Å². The molecular weight excluding hydrogens is 210 g/mol. The van der Waals surface area contributed by atoms with Crippen molar-refractivity contribution in [2.24, 2.45) is 0 Å². The molecular formula is C11H13NO4. The molecule has 1 aromatic rings. The quantitative estimate of drug-likeness (QED) is 0.823. The van der Waals surface area contributed by atoms with Gasteiger partial charge in [0.05, 0.1) is 5.69 Å². The topological polar surface area (TPSA) is 77.8 Å². The van der Waals surface area contributed by atoms with Crippen LogP contribution in [-0.2, 0) is 4.79 Å². The zero-order valence-electron chi connectivity index (χ0n) is 8.88. The Morgan fingerprint density at radius 3 is 2.25 bits per heavy atom. The van der Waals surface area contributed by atoms with Crippen LogP contribution in [-0.4, -0.2) is 22.2 Å². The highest BCUT2D eigenvalue weighted by molar-refractivity contribution is 6.11. The maximum Gasteiger partial charge on any atom is 0.418 e. The fourth-order valence-electron chi connectivity index (χ4n) is 1.29. The zero-order chi connectivity index (χ0) is 12.1. The smallest absolute Gasteiger partial charge is 0.418 e. The molecule has 0 spiro atoms. The molecule has 0 unspecified atom stereocenters. The van der Waals surface area contributed by atoms with Gasteiger partial charge in [-0.1, -0.05) is 6.92 Å². The fourth-order valence-corrected chi connectivity index (χ4v) is 1.29. The SMILES string of the molecule is CCCC(=O)N(C(=O)O)c1ccc(O)cc1. The van der Waals surface area contributed by atoms with Gasteiger partial charge in [-0.05, 0) is 30.7 Å². The Bertz CT molecular complexity index is 385. The number of aromatic hydroxyl groups is 1. The highest BCUT2D eigenvalue weighted by Gasteiger charge is 2.21. The summed E-state index contributed by atoms with van der Waals surface area (Å²) in [6.07, 6.45) is -0.558. The molecule has 5 nitrogen and oxygen atoms in total. The van der Waals surface area contributed by atoms with E-state index in [-0.39, 0.29) is 17.9 Å². The summed E-state index contributed by atoms with van der Waals surface area (Å²) < 4.78 is 0. The Kier molecular flexibility index (Phi) is 3.88. The van der Waals surface area contributed by atoms with Crippen molar-refractivity contribution in [2.75, 3.05) is 4.90 Å². The maximum atomic E-state index is 11.6. The third-order valence-corrected chi connectivity index (χ3v) is 2.01. The van der Waals surface area contributed by atoms with Crippen LogP contribution in [0.2, 0.25) is 0 Å². The number of benzene rings is 1. The minimum atomic E-state index is -1.32. The van der Waals surface area contributed by atoms with Crippen LogP contribution >= 0.6 is 0 Å². The summed E-state index contributed by atoms with van der Waals surface area (Å²) in [5.74, 6) is -0.447. The average molecular weight is 223 g/mol. The number of anilines is 1. The minimum Gasteiger partial charge on any atom is -0.508 e. The number of carbonyl (C=O) groups is 2. The van der Waals surface area contributed by atoms with Gasteiger partial charge in [-0.15, -0.1) is 0 Å². The summed E-state index contributed by atoms with van der Waals surface area (Å²) in [7, 11) is 0. The first kappa shape index (κ1) is 12.0. The van der Waals surface area contributed by atoms with Crippen LogP contribution in [0.1, 0.15) is 19.8 Å². The molecule has 0 fully saturated rings. The summed E-state index contributed by atoms with van der Waals surface area (Å²) >= 11 is 0. The van der Waals surface area contributed by atoms with Crippen molar-refractivity contribution in [2.45, 2.75) is 19.8 Å². The molecule has 1 rings (SSSR count). The molecule has 0 aromatic heterocycles. The van der Waals surface area contributed by atoms with Gasteiger partial charge in [-0.2, -0.15) is 0 Å². The molecule has 0 aliphatic carbocycles. The van der Waals surface area contributed by atoms with E-state index >= 15 is 0 Å². The first-order chi connectivity index (χ1) is 7.56. The number of carbonyl (C=O) groups excluding carboxylic acids is 1. The van der Waals surface area contributed by atoms with E-state index in [1.807, 2.05) is 0 Å². The minimum absolute atomic E-state index is 0.0250. The highest BCUT2D eigenvalue weighted by atomic mass is 16.4. The number of imide groups is 1. The lowest BCUT2D eigenvalue weighted by molar-refractivity contribution is -0.118. The van der Waals surface area contributed by atoms with E-state index in [0.717, 1.165) is 0 Å². The van der Waals surface area contributed by atoms with Crippen molar-refractivity contribution in [3.63, 3.8) is 0 Å². The number of phenolic OH excluding ortho intramolecular Hbond substituents is 1. The van der Waals surface area contributed by atoms with Crippen molar-refractivity contribution in [3.8, 4) is 5.75 Å². The molecule has 86 valence electrons. The molecule has 0 aliphatic rings. The second kappa shape index (κ2) is 5.16. The third-order valence-electron chi connectivity index (χ3n) is 2.01. The Morgan fingerprint density at radius 1 is 1.25 bits per heavy atom. The number of nitrogens with zero attached hydrogens (tertiary/aromatic N) is 1. The summed E-state index contributed by atoms with van der Waals surface area (Å²) in [5, 5.41) is 18.0. The predicted molar refractivity (Wildman–Crippen MR) is 58.5 cm³/mol. The number of amides is 2. The van der Waals surface area contributed by atoms with Gasteiger partial charge in [0.15, 0.2) is 0 Å². The average Bonchev–Trinajstić information content (AvgIpc) is 2.21. The Hall–Kier alpha value is -2.04. The van der Waals surface area contributed by atoms with Gasteiger partial charge in [0.1, 0.15) is 5.75 Å². The standard InChI is InChI=1S/C11H13NO4/c1-2-3-10(14)12(11(15)16)8-4-6-9(13)7-5-8/h4-7,13H,2-3H2,1H3,(H,15,16).